The SMILES string of the molecule is CN(C)c1ncnc2ccc(N3CCN(c4cncc(-n5cncn5)n4)CC3)cc12. The third-order valence-electron chi connectivity index (χ3n) is 5.25. The van der Waals surface area contributed by atoms with E-state index in [2.05, 4.69) is 53.0 Å². The number of benzene rings is 1. The Morgan fingerprint density at radius 3 is 2.43 bits per heavy atom. The molecule has 0 atom stereocenters. The minimum Gasteiger partial charge on any atom is -0.368 e. The maximum atomic E-state index is 4.69. The minimum atomic E-state index is 0.665. The highest BCUT2D eigenvalue weighted by molar-refractivity contribution is 5.91. The van der Waals surface area contributed by atoms with Crippen LogP contribution in [0.5, 0.6) is 0 Å². The van der Waals surface area contributed by atoms with Gasteiger partial charge in [-0.05, 0) is 18.2 Å². The van der Waals surface area contributed by atoms with Crippen molar-refractivity contribution >= 4 is 28.2 Å². The molecule has 1 aliphatic heterocycles. The van der Waals surface area contributed by atoms with Gasteiger partial charge in [0.2, 0.25) is 0 Å². The second kappa shape index (κ2) is 7.54. The van der Waals surface area contributed by atoms with Crippen LogP contribution < -0.4 is 14.7 Å². The first-order valence-electron chi connectivity index (χ1n) is 9.78. The van der Waals surface area contributed by atoms with Gasteiger partial charge in [-0.3, -0.25) is 4.98 Å². The normalized spacial score (nSPS) is 14.3. The molecular weight excluding hydrogens is 380 g/mol. The molecule has 1 aromatic carbocycles. The van der Waals surface area contributed by atoms with Gasteiger partial charge < -0.3 is 14.7 Å². The highest BCUT2D eigenvalue weighted by Gasteiger charge is 2.20. The Morgan fingerprint density at radius 2 is 1.67 bits per heavy atom. The lowest BCUT2D eigenvalue weighted by Crippen LogP contribution is -2.47. The Morgan fingerprint density at radius 1 is 0.867 bits per heavy atom. The third kappa shape index (κ3) is 3.36. The molecule has 1 saturated heterocycles. The van der Waals surface area contributed by atoms with Crippen molar-refractivity contribution in [3.8, 4) is 5.82 Å². The average Bonchev–Trinajstić information content (AvgIpc) is 3.33. The Balaban J connectivity index is 1.34. The molecule has 0 unspecified atom stereocenters. The van der Waals surface area contributed by atoms with E-state index < -0.39 is 0 Å². The summed E-state index contributed by atoms with van der Waals surface area (Å²) in [6.45, 7) is 3.51. The molecule has 0 bridgehead atoms. The Kier molecular flexibility index (Phi) is 4.58. The van der Waals surface area contributed by atoms with Crippen molar-refractivity contribution in [1.29, 1.82) is 0 Å². The maximum absolute atomic E-state index is 4.69. The molecule has 4 aromatic rings. The van der Waals surface area contributed by atoms with Gasteiger partial charge in [0.1, 0.15) is 30.6 Å². The molecule has 0 saturated carbocycles. The molecule has 10 nitrogen and oxygen atoms in total. The molecule has 4 heterocycles. The smallest absolute Gasteiger partial charge is 0.175 e. The fourth-order valence-corrected chi connectivity index (χ4v) is 3.71. The van der Waals surface area contributed by atoms with Crippen LogP contribution in [0, 0.1) is 0 Å². The van der Waals surface area contributed by atoms with E-state index in [0.717, 1.165) is 48.7 Å². The van der Waals surface area contributed by atoms with E-state index >= 15 is 0 Å². The van der Waals surface area contributed by atoms with Crippen LogP contribution in [-0.2, 0) is 0 Å². The number of hydrogen-bond donors (Lipinski definition) is 0. The quantitative estimate of drug-likeness (QED) is 0.502. The van der Waals surface area contributed by atoms with Gasteiger partial charge in [0.15, 0.2) is 5.82 Å². The van der Waals surface area contributed by atoms with Crippen molar-refractivity contribution in [2.24, 2.45) is 0 Å². The van der Waals surface area contributed by atoms with Gasteiger partial charge in [0.25, 0.3) is 0 Å². The van der Waals surface area contributed by atoms with Crippen LogP contribution in [0.1, 0.15) is 0 Å². The summed E-state index contributed by atoms with van der Waals surface area (Å²) in [5.74, 6) is 2.45. The van der Waals surface area contributed by atoms with Gasteiger partial charge in [-0.15, -0.1) is 0 Å². The third-order valence-corrected chi connectivity index (χ3v) is 5.25. The van der Waals surface area contributed by atoms with Crippen molar-refractivity contribution < 1.29 is 0 Å². The van der Waals surface area contributed by atoms with E-state index in [1.54, 1.807) is 29.7 Å². The molecule has 10 heteroatoms. The highest BCUT2D eigenvalue weighted by Crippen LogP contribution is 2.27. The summed E-state index contributed by atoms with van der Waals surface area (Å²) in [5.41, 5.74) is 2.14. The first kappa shape index (κ1) is 18.2. The number of anilines is 3. The van der Waals surface area contributed by atoms with Crippen molar-refractivity contribution in [3.05, 3.63) is 49.6 Å². The topological polar surface area (TPSA) is 92.0 Å². The van der Waals surface area contributed by atoms with Gasteiger partial charge in [-0.2, -0.15) is 5.10 Å². The lowest BCUT2D eigenvalue weighted by atomic mass is 10.1. The number of fused-ring (bicyclic) bond motifs is 1. The number of nitrogens with zero attached hydrogens (tertiary/aromatic N) is 10. The minimum absolute atomic E-state index is 0.665. The fraction of sp³-hybridized carbons (Fsp3) is 0.300. The molecule has 0 N–H and O–H groups in total. The molecular formula is C20H22N10. The second-order valence-electron chi connectivity index (χ2n) is 7.34. The van der Waals surface area contributed by atoms with Gasteiger partial charge in [-0.25, -0.2) is 24.6 Å². The molecule has 30 heavy (non-hydrogen) atoms. The molecule has 0 radical (unpaired) electrons. The zero-order valence-corrected chi connectivity index (χ0v) is 16.9. The van der Waals surface area contributed by atoms with E-state index in [1.165, 1.54) is 12.0 Å². The number of aromatic nitrogens is 7. The molecule has 0 spiro atoms. The Labute approximate surface area is 173 Å². The van der Waals surface area contributed by atoms with Gasteiger partial charge in [0, 0.05) is 51.3 Å². The summed E-state index contributed by atoms with van der Waals surface area (Å²) < 4.78 is 1.62. The van der Waals surface area contributed by atoms with Crippen molar-refractivity contribution in [3.63, 3.8) is 0 Å². The standard InChI is InChI=1S/C20H22N10/c1-27(2)20-16-9-15(3-4-17(16)23-13-24-20)28-5-7-29(8-6-28)18-10-21-11-19(26-18)30-14-22-12-25-30/h3-4,9-14H,5-8H2,1-2H3. The van der Waals surface area contributed by atoms with E-state index in [4.69, 9.17) is 4.98 Å². The molecule has 0 aliphatic carbocycles. The highest BCUT2D eigenvalue weighted by atomic mass is 15.4. The van der Waals surface area contributed by atoms with E-state index in [9.17, 15) is 0 Å². The van der Waals surface area contributed by atoms with Crippen molar-refractivity contribution in [1.82, 2.24) is 34.7 Å². The van der Waals surface area contributed by atoms with Crippen LogP contribution >= 0.6 is 0 Å². The molecule has 5 rings (SSSR count). The first-order chi connectivity index (χ1) is 14.7. The van der Waals surface area contributed by atoms with Gasteiger partial charge in [0.05, 0.1) is 17.9 Å². The second-order valence-corrected chi connectivity index (χ2v) is 7.34. The monoisotopic (exact) mass is 402 g/mol. The molecule has 0 amide bonds. The Bertz CT molecular complexity index is 1150. The van der Waals surface area contributed by atoms with E-state index in [-0.39, 0.29) is 0 Å². The lowest BCUT2D eigenvalue weighted by Gasteiger charge is -2.36. The number of piperazine rings is 1. The maximum Gasteiger partial charge on any atom is 0.175 e. The molecule has 152 valence electrons. The number of hydrogen-bond acceptors (Lipinski definition) is 9. The predicted octanol–water partition coefficient (Wildman–Crippen LogP) is 1.39. The van der Waals surface area contributed by atoms with Crippen LogP contribution in [0.3, 0.4) is 0 Å². The summed E-state index contributed by atoms with van der Waals surface area (Å²) in [5, 5.41) is 5.20. The molecule has 3 aromatic heterocycles. The summed E-state index contributed by atoms with van der Waals surface area (Å²) in [6.07, 6.45) is 8.21. The molecule has 1 aliphatic rings. The van der Waals surface area contributed by atoms with Crippen LogP contribution in [0.25, 0.3) is 16.7 Å². The zero-order valence-electron chi connectivity index (χ0n) is 16.9. The molecule has 1 fully saturated rings. The van der Waals surface area contributed by atoms with Crippen molar-refractivity contribution in [2.75, 3.05) is 55.0 Å². The average molecular weight is 402 g/mol. The fourth-order valence-electron chi connectivity index (χ4n) is 3.71. The summed E-state index contributed by atoms with van der Waals surface area (Å²) >= 11 is 0. The summed E-state index contributed by atoms with van der Waals surface area (Å²) in [7, 11) is 4.00. The zero-order chi connectivity index (χ0) is 20.5. The van der Waals surface area contributed by atoms with Crippen LogP contribution in [-0.4, -0.2) is 75.0 Å². The van der Waals surface area contributed by atoms with Crippen LogP contribution in [0.15, 0.2) is 49.6 Å². The summed E-state index contributed by atoms with van der Waals surface area (Å²) in [6, 6.07) is 6.39. The van der Waals surface area contributed by atoms with E-state index in [0.29, 0.717) is 5.82 Å². The van der Waals surface area contributed by atoms with Gasteiger partial charge in [-0.1, -0.05) is 0 Å². The van der Waals surface area contributed by atoms with E-state index in [1.807, 2.05) is 19.0 Å². The first-order valence-corrected chi connectivity index (χ1v) is 9.78. The Hall–Kier alpha value is -3.82. The van der Waals surface area contributed by atoms with Crippen LogP contribution in [0.2, 0.25) is 0 Å². The predicted molar refractivity (Wildman–Crippen MR) is 115 cm³/mol. The van der Waals surface area contributed by atoms with Crippen molar-refractivity contribution in [2.45, 2.75) is 0 Å². The largest absolute Gasteiger partial charge is 0.368 e. The van der Waals surface area contributed by atoms with Crippen LogP contribution in [0.4, 0.5) is 17.3 Å². The number of rotatable bonds is 4. The van der Waals surface area contributed by atoms with Gasteiger partial charge >= 0.3 is 0 Å². The summed E-state index contributed by atoms with van der Waals surface area (Å²) in [4.78, 5) is 28.5. The lowest BCUT2D eigenvalue weighted by molar-refractivity contribution is 0.644.